The lowest BCUT2D eigenvalue weighted by atomic mass is 9.79. The van der Waals surface area contributed by atoms with E-state index >= 15 is 0 Å². The number of rotatable bonds is 10. The Kier molecular flexibility index (Phi) is 7.30. The molecule has 1 heterocycles. The van der Waals surface area contributed by atoms with Crippen LogP contribution >= 0.6 is 24.0 Å². The van der Waals surface area contributed by atoms with Gasteiger partial charge >= 0.3 is 0 Å². The fourth-order valence-electron chi connectivity index (χ4n) is 3.54. The van der Waals surface area contributed by atoms with Crippen molar-refractivity contribution >= 4 is 41.4 Å². The molecule has 1 fully saturated rings. The molecule has 1 aromatic carbocycles. The Morgan fingerprint density at radius 1 is 1.41 bits per heavy atom. The molecule has 1 aromatic heterocycles. The van der Waals surface area contributed by atoms with Gasteiger partial charge in [-0.25, -0.2) is 4.39 Å². The second-order valence-electron chi connectivity index (χ2n) is 6.99. The van der Waals surface area contributed by atoms with Crippen LogP contribution in [0, 0.1) is 10.5 Å². The highest BCUT2D eigenvalue weighted by molar-refractivity contribution is 8.00. The van der Waals surface area contributed by atoms with Crippen molar-refractivity contribution in [2.75, 3.05) is 6.61 Å². The first kappa shape index (κ1) is 20.3. The van der Waals surface area contributed by atoms with Crippen LogP contribution in [0.4, 0.5) is 4.39 Å². The third kappa shape index (κ3) is 4.72. The van der Waals surface area contributed by atoms with Gasteiger partial charge in [-0.05, 0) is 68.8 Å². The molecule has 1 aliphatic rings. The summed E-state index contributed by atoms with van der Waals surface area (Å²) in [5.41, 5.74) is 1.44. The maximum absolute atomic E-state index is 14.9. The van der Waals surface area contributed by atoms with E-state index in [4.69, 9.17) is 21.4 Å². The fourth-order valence-corrected chi connectivity index (χ4v) is 5.03. The smallest absolute Gasteiger partial charge is 0.293 e. The fraction of sp³-hybridized carbons (Fsp3) is 0.524. The van der Waals surface area contributed by atoms with Gasteiger partial charge in [0, 0.05) is 21.1 Å². The molecule has 1 saturated carbocycles. The molecule has 0 spiro atoms. The lowest BCUT2D eigenvalue weighted by molar-refractivity contribution is -0.128. The molecule has 0 aliphatic heterocycles. The molecular weight excluding hydrogens is 383 g/mol. The third-order valence-corrected chi connectivity index (χ3v) is 7.00. The Morgan fingerprint density at radius 2 is 2.22 bits per heavy atom. The summed E-state index contributed by atoms with van der Waals surface area (Å²) in [6.07, 6.45) is 7.07. The molecule has 2 aromatic rings. The van der Waals surface area contributed by atoms with Gasteiger partial charge in [0.1, 0.15) is 5.58 Å². The average molecular weight is 409 g/mol. The largest absolute Gasteiger partial charge is 0.468 e. The van der Waals surface area contributed by atoms with Gasteiger partial charge in [-0.3, -0.25) is 4.79 Å². The summed E-state index contributed by atoms with van der Waals surface area (Å²) in [7, 11) is 0. The van der Waals surface area contributed by atoms with Gasteiger partial charge in [0.25, 0.3) is 6.47 Å². The molecule has 3 nitrogen and oxygen atoms in total. The molecule has 146 valence electrons. The van der Waals surface area contributed by atoms with E-state index in [1.165, 1.54) is 0 Å². The maximum atomic E-state index is 14.9. The van der Waals surface area contributed by atoms with E-state index in [-0.39, 0.29) is 16.4 Å². The molecule has 6 heteroatoms. The van der Waals surface area contributed by atoms with Gasteiger partial charge in [-0.15, -0.1) is 11.8 Å². The van der Waals surface area contributed by atoms with Gasteiger partial charge in [0.05, 0.1) is 6.61 Å². The van der Waals surface area contributed by atoms with Gasteiger partial charge in [0.2, 0.25) is 4.71 Å². The molecule has 27 heavy (non-hydrogen) atoms. The first-order chi connectivity index (χ1) is 13.2. The number of hydrogen-bond acceptors (Lipinski definition) is 5. The summed E-state index contributed by atoms with van der Waals surface area (Å²) < 4.78 is 25.2. The summed E-state index contributed by atoms with van der Waals surface area (Å²) in [5, 5.41) is 1.33. The monoisotopic (exact) mass is 408 g/mol. The second kappa shape index (κ2) is 9.69. The Hall–Kier alpha value is -1.40. The van der Waals surface area contributed by atoms with Crippen molar-refractivity contribution in [1.82, 2.24) is 0 Å². The average Bonchev–Trinajstić information content (AvgIpc) is 2.62. The van der Waals surface area contributed by atoms with Crippen molar-refractivity contribution in [2.45, 2.75) is 67.9 Å². The Bertz CT molecular complexity index is 845. The lowest BCUT2D eigenvalue weighted by Crippen LogP contribution is -2.12. The van der Waals surface area contributed by atoms with Crippen LogP contribution in [0.25, 0.3) is 11.0 Å². The highest BCUT2D eigenvalue weighted by atomic mass is 32.2. The number of halogens is 1. The molecule has 1 atom stereocenters. The topological polar surface area (TPSA) is 39.4 Å². The van der Waals surface area contributed by atoms with Crippen molar-refractivity contribution in [3.05, 3.63) is 34.3 Å². The second-order valence-corrected chi connectivity index (χ2v) is 8.70. The van der Waals surface area contributed by atoms with E-state index in [1.807, 2.05) is 12.1 Å². The quantitative estimate of drug-likeness (QED) is 0.187. The number of carbonyl (C=O) groups excluding carboxylic acids is 1. The predicted molar refractivity (Wildman–Crippen MR) is 109 cm³/mol. The number of hydrogen-bond donors (Lipinski definition) is 0. The van der Waals surface area contributed by atoms with Crippen molar-refractivity contribution in [2.24, 2.45) is 0 Å². The summed E-state index contributed by atoms with van der Waals surface area (Å²) in [6.45, 7) is 3.13. The minimum atomic E-state index is -0.352. The Labute approximate surface area is 168 Å². The van der Waals surface area contributed by atoms with Crippen LogP contribution in [0.15, 0.2) is 27.5 Å². The normalized spacial score (nSPS) is 15.5. The zero-order valence-electron chi connectivity index (χ0n) is 15.5. The number of carbonyl (C=O) groups is 1. The molecule has 0 N–H and O–H groups in total. The summed E-state index contributed by atoms with van der Waals surface area (Å²) >= 11 is 6.91. The molecule has 0 bridgehead atoms. The molecular formula is C21H25FO3S2. The minimum Gasteiger partial charge on any atom is -0.468 e. The van der Waals surface area contributed by atoms with Gasteiger partial charge < -0.3 is 9.15 Å². The zero-order valence-corrected chi connectivity index (χ0v) is 17.2. The lowest BCUT2D eigenvalue weighted by Gasteiger charge is -2.28. The molecule has 0 radical (unpaired) electrons. The Balaban J connectivity index is 1.86. The first-order valence-electron chi connectivity index (χ1n) is 9.62. The summed E-state index contributed by atoms with van der Waals surface area (Å²) in [6, 6.07) is 5.90. The number of ether oxygens (including phenoxy) is 1. The van der Waals surface area contributed by atoms with E-state index in [0.29, 0.717) is 23.9 Å². The van der Waals surface area contributed by atoms with Crippen LogP contribution in [-0.2, 0) is 9.53 Å². The van der Waals surface area contributed by atoms with Crippen molar-refractivity contribution in [3.63, 3.8) is 0 Å². The van der Waals surface area contributed by atoms with Crippen LogP contribution in [0.3, 0.4) is 0 Å². The number of unbranched alkanes of at least 4 members (excludes halogenated alkanes) is 1. The van der Waals surface area contributed by atoms with Crippen LogP contribution in [0.2, 0.25) is 0 Å². The Morgan fingerprint density at radius 3 is 2.89 bits per heavy atom. The molecule has 0 saturated heterocycles. The molecule has 1 unspecified atom stereocenters. The number of thioether (sulfide) groups is 1. The van der Waals surface area contributed by atoms with Crippen LogP contribution in [0.1, 0.15) is 63.4 Å². The van der Waals surface area contributed by atoms with Crippen molar-refractivity contribution in [3.8, 4) is 0 Å². The predicted octanol–water partition coefficient (Wildman–Crippen LogP) is 6.78. The minimum absolute atomic E-state index is 0.0335. The van der Waals surface area contributed by atoms with Gasteiger partial charge in [0.15, 0.2) is 5.82 Å². The highest BCUT2D eigenvalue weighted by Gasteiger charge is 2.28. The summed E-state index contributed by atoms with van der Waals surface area (Å²) in [4.78, 5) is 11.3. The number of fused-ring (bicyclic) bond motifs is 1. The van der Waals surface area contributed by atoms with Gasteiger partial charge in [-0.2, -0.15) is 0 Å². The van der Waals surface area contributed by atoms with E-state index < -0.39 is 0 Å². The van der Waals surface area contributed by atoms with E-state index in [1.54, 1.807) is 11.8 Å². The van der Waals surface area contributed by atoms with E-state index in [2.05, 4.69) is 13.0 Å². The van der Waals surface area contributed by atoms with Crippen molar-refractivity contribution < 1.29 is 18.3 Å². The SMILES string of the molecule is CCC(CCCCOC=O)Sc1cccc2oc(=S)c(F)c(C3CCC3)c12. The summed E-state index contributed by atoms with van der Waals surface area (Å²) in [5.74, 6) is -0.109. The molecule has 1 aliphatic carbocycles. The van der Waals surface area contributed by atoms with Crippen molar-refractivity contribution in [1.29, 1.82) is 0 Å². The maximum Gasteiger partial charge on any atom is 0.293 e. The van der Waals surface area contributed by atoms with Crippen LogP contribution in [-0.4, -0.2) is 18.3 Å². The van der Waals surface area contributed by atoms with Crippen LogP contribution < -0.4 is 0 Å². The molecule has 0 amide bonds. The molecule has 3 rings (SSSR count). The third-order valence-electron chi connectivity index (χ3n) is 5.24. The zero-order chi connectivity index (χ0) is 19.2. The highest BCUT2D eigenvalue weighted by Crippen LogP contribution is 2.45. The number of benzene rings is 1. The van der Waals surface area contributed by atoms with Gasteiger partial charge in [-0.1, -0.05) is 19.4 Å². The standard InChI is InChI=1S/C21H25FO3S2/c1-2-15(9-3-4-12-24-13-23)27-17-11-6-10-16-19(17)18(14-7-5-8-14)20(22)21(26)25-16/h6,10-11,13-15H,2-5,7-9,12H2,1H3. The first-order valence-corrected chi connectivity index (χ1v) is 10.9. The van der Waals surface area contributed by atoms with E-state index in [9.17, 15) is 9.18 Å². The van der Waals surface area contributed by atoms with E-state index in [0.717, 1.165) is 60.8 Å². The van der Waals surface area contributed by atoms with Crippen LogP contribution in [0.5, 0.6) is 0 Å².